The molecule has 23 heavy (non-hydrogen) atoms. The maximum Gasteiger partial charge on any atom is 0.0599 e. The van der Waals surface area contributed by atoms with Crippen LogP contribution < -0.4 is 0 Å². The van der Waals surface area contributed by atoms with Crippen molar-refractivity contribution in [3.63, 3.8) is 0 Å². The molecule has 2 heterocycles. The Hall–Kier alpha value is -0.900. The summed E-state index contributed by atoms with van der Waals surface area (Å²) in [6.45, 7) is 8.55. The fourth-order valence-electron chi connectivity index (χ4n) is 3.75. The quantitative estimate of drug-likeness (QED) is 0.765. The van der Waals surface area contributed by atoms with Crippen LogP contribution >= 0.6 is 0 Å². The van der Waals surface area contributed by atoms with E-state index in [4.69, 9.17) is 9.47 Å². The molecule has 0 spiro atoms. The smallest absolute Gasteiger partial charge is 0.0599 e. The zero-order valence-corrected chi connectivity index (χ0v) is 14.5. The third-order valence-electron chi connectivity index (χ3n) is 5.37. The normalized spacial score (nSPS) is 24.8. The molecule has 0 N–H and O–H groups in total. The molecule has 0 radical (unpaired) electrons. The van der Waals surface area contributed by atoms with E-state index in [-0.39, 0.29) is 0 Å². The highest BCUT2D eigenvalue weighted by Gasteiger charge is 2.24. The largest absolute Gasteiger partial charge is 0.381 e. The molecule has 2 aliphatic rings. The van der Waals surface area contributed by atoms with Gasteiger partial charge in [0.1, 0.15) is 0 Å². The molecule has 2 atom stereocenters. The highest BCUT2D eigenvalue weighted by Crippen LogP contribution is 2.24. The highest BCUT2D eigenvalue weighted by molar-refractivity contribution is 5.19. The van der Waals surface area contributed by atoms with Gasteiger partial charge in [-0.25, -0.2) is 0 Å². The van der Waals surface area contributed by atoms with Crippen molar-refractivity contribution in [2.24, 2.45) is 5.92 Å². The molecule has 0 aromatic heterocycles. The molecule has 0 bridgehead atoms. The number of hydrogen-bond donors (Lipinski definition) is 0. The standard InChI is InChI=1S/C20H31NO2/c1-2-18(19-6-4-3-5-7-19)14-21-11-8-20(9-12-21)23-16-17-10-13-22-15-17/h3-7,17-18,20H,2,8-16H2,1H3/t17-,18-/m0/s1. The van der Waals surface area contributed by atoms with Crippen molar-refractivity contribution in [2.75, 3.05) is 39.5 Å². The van der Waals surface area contributed by atoms with Gasteiger partial charge >= 0.3 is 0 Å². The molecule has 0 saturated carbocycles. The number of ether oxygens (including phenoxy) is 2. The summed E-state index contributed by atoms with van der Waals surface area (Å²) in [7, 11) is 0. The van der Waals surface area contributed by atoms with Crippen LogP contribution in [0.5, 0.6) is 0 Å². The van der Waals surface area contributed by atoms with Crippen LogP contribution in [0.2, 0.25) is 0 Å². The minimum Gasteiger partial charge on any atom is -0.381 e. The molecule has 3 nitrogen and oxygen atoms in total. The van der Waals surface area contributed by atoms with Gasteiger partial charge in [0.05, 0.1) is 19.3 Å². The van der Waals surface area contributed by atoms with Crippen LogP contribution in [0.3, 0.4) is 0 Å². The molecule has 0 aliphatic carbocycles. The Bertz CT molecular complexity index is 436. The van der Waals surface area contributed by atoms with E-state index in [2.05, 4.69) is 42.2 Å². The first-order valence-electron chi connectivity index (χ1n) is 9.31. The molecule has 2 saturated heterocycles. The first-order valence-corrected chi connectivity index (χ1v) is 9.31. The van der Waals surface area contributed by atoms with Gasteiger partial charge in [-0.05, 0) is 37.2 Å². The molecular formula is C20H31NO2. The van der Waals surface area contributed by atoms with Crippen LogP contribution in [-0.2, 0) is 9.47 Å². The summed E-state index contributed by atoms with van der Waals surface area (Å²) in [5.74, 6) is 1.29. The molecule has 1 aromatic rings. The van der Waals surface area contributed by atoms with Crippen molar-refractivity contribution < 1.29 is 9.47 Å². The Morgan fingerprint density at radius 1 is 1.17 bits per heavy atom. The first-order chi connectivity index (χ1) is 11.3. The van der Waals surface area contributed by atoms with Crippen LogP contribution in [0.15, 0.2) is 30.3 Å². The average Bonchev–Trinajstić information content (AvgIpc) is 3.13. The van der Waals surface area contributed by atoms with E-state index < -0.39 is 0 Å². The van der Waals surface area contributed by atoms with Gasteiger partial charge in [0.15, 0.2) is 0 Å². The predicted octanol–water partition coefficient (Wildman–Crippen LogP) is 3.70. The zero-order chi connectivity index (χ0) is 15.9. The van der Waals surface area contributed by atoms with Gasteiger partial charge < -0.3 is 14.4 Å². The fraction of sp³-hybridized carbons (Fsp3) is 0.700. The molecule has 0 amide bonds. The first kappa shape index (κ1) is 16.9. The fourth-order valence-corrected chi connectivity index (χ4v) is 3.75. The Morgan fingerprint density at radius 3 is 2.61 bits per heavy atom. The summed E-state index contributed by atoms with van der Waals surface area (Å²) in [4.78, 5) is 2.62. The van der Waals surface area contributed by atoms with Crippen molar-refractivity contribution in [3.8, 4) is 0 Å². The summed E-state index contributed by atoms with van der Waals surface area (Å²) in [6.07, 6.45) is 5.21. The number of piperidine rings is 1. The Kier molecular flexibility index (Phi) is 6.49. The third kappa shape index (κ3) is 5.03. The zero-order valence-electron chi connectivity index (χ0n) is 14.5. The molecular weight excluding hydrogens is 286 g/mol. The maximum absolute atomic E-state index is 6.12. The van der Waals surface area contributed by atoms with E-state index in [1.165, 1.54) is 50.9 Å². The lowest BCUT2D eigenvalue weighted by atomic mass is 9.95. The van der Waals surface area contributed by atoms with Crippen molar-refractivity contribution in [1.29, 1.82) is 0 Å². The highest BCUT2D eigenvalue weighted by atomic mass is 16.5. The van der Waals surface area contributed by atoms with Gasteiger partial charge in [-0.15, -0.1) is 0 Å². The van der Waals surface area contributed by atoms with E-state index in [0.717, 1.165) is 19.8 Å². The molecule has 2 fully saturated rings. The summed E-state index contributed by atoms with van der Waals surface area (Å²) < 4.78 is 11.5. The lowest BCUT2D eigenvalue weighted by Crippen LogP contribution is -2.39. The van der Waals surface area contributed by atoms with Crippen molar-refractivity contribution in [2.45, 2.75) is 44.6 Å². The van der Waals surface area contributed by atoms with Crippen molar-refractivity contribution in [3.05, 3.63) is 35.9 Å². The van der Waals surface area contributed by atoms with Crippen molar-refractivity contribution in [1.82, 2.24) is 4.90 Å². The Morgan fingerprint density at radius 2 is 1.96 bits per heavy atom. The van der Waals surface area contributed by atoms with Crippen LogP contribution in [0.25, 0.3) is 0 Å². The average molecular weight is 317 g/mol. The number of hydrogen-bond acceptors (Lipinski definition) is 3. The number of benzene rings is 1. The van der Waals surface area contributed by atoms with Crippen LogP contribution in [0.4, 0.5) is 0 Å². The summed E-state index contributed by atoms with van der Waals surface area (Å²) in [6, 6.07) is 11.0. The predicted molar refractivity (Wildman–Crippen MR) is 93.8 cm³/mol. The number of rotatable bonds is 7. The van der Waals surface area contributed by atoms with Gasteiger partial charge in [-0.1, -0.05) is 37.3 Å². The van der Waals surface area contributed by atoms with E-state index in [0.29, 0.717) is 17.9 Å². The van der Waals surface area contributed by atoms with Crippen LogP contribution in [0.1, 0.15) is 44.1 Å². The maximum atomic E-state index is 6.12. The van der Waals surface area contributed by atoms with Crippen molar-refractivity contribution >= 4 is 0 Å². The molecule has 3 rings (SSSR count). The van der Waals surface area contributed by atoms with Gasteiger partial charge in [0.2, 0.25) is 0 Å². The summed E-state index contributed by atoms with van der Waals surface area (Å²) in [5.41, 5.74) is 1.48. The molecule has 128 valence electrons. The second kappa shape index (κ2) is 8.81. The molecule has 2 aliphatic heterocycles. The van der Waals surface area contributed by atoms with Gasteiger partial charge in [0.25, 0.3) is 0 Å². The second-order valence-corrected chi connectivity index (χ2v) is 7.08. The molecule has 0 unspecified atom stereocenters. The van der Waals surface area contributed by atoms with E-state index >= 15 is 0 Å². The van der Waals surface area contributed by atoms with Gasteiger partial charge in [0, 0.05) is 32.2 Å². The summed E-state index contributed by atoms with van der Waals surface area (Å²) >= 11 is 0. The SMILES string of the molecule is CC[C@@H](CN1CCC(OC[C@H]2CCOC2)CC1)c1ccccc1. The summed E-state index contributed by atoms with van der Waals surface area (Å²) in [5, 5.41) is 0. The van der Waals surface area contributed by atoms with Gasteiger partial charge in [-0.2, -0.15) is 0 Å². The minimum absolute atomic E-state index is 0.462. The van der Waals surface area contributed by atoms with Crippen LogP contribution in [-0.4, -0.2) is 50.5 Å². The van der Waals surface area contributed by atoms with Gasteiger partial charge in [-0.3, -0.25) is 0 Å². The number of nitrogens with zero attached hydrogens (tertiary/aromatic N) is 1. The van der Waals surface area contributed by atoms with Crippen LogP contribution in [0, 0.1) is 5.92 Å². The van der Waals surface area contributed by atoms with E-state index in [1.807, 2.05) is 0 Å². The monoisotopic (exact) mass is 317 g/mol. The lowest BCUT2D eigenvalue weighted by molar-refractivity contribution is -0.0112. The molecule has 3 heteroatoms. The topological polar surface area (TPSA) is 21.7 Å². The Labute approximate surface area is 141 Å². The molecule has 1 aromatic carbocycles. The Balaban J connectivity index is 1.39. The second-order valence-electron chi connectivity index (χ2n) is 7.08. The third-order valence-corrected chi connectivity index (χ3v) is 5.37. The van der Waals surface area contributed by atoms with E-state index in [1.54, 1.807) is 0 Å². The van der Waals surface area contributed by atoms with E-state index in [9.17, 15) is 0 Å². The minimum atomic E-state index is 0.462. The number of likely N-dealkylation sites (tertiary alicyclic amines) is 1. The lowest BCUT2D eigenvalue weighted by Gasteiger charge is -2.34.